The zero-order valence-electron chi connectivity index (χ0n) is 30.7. The summed E-state index contributed by atoms with van der Waals surface area (Å²) in [7, 11) is -3.84. The third-order valence-electron chi connectivity index (χ3n) is 11.9. The van der Waals surface area contributed by atoms with Gasteiger partial charge in [-0.1, -0.05) is 106 Å². The molecule has 276 valence electrons. The van der Waals surface area contributed by atoms with Crippen molar-refractivity contribution in [3.05, 3.63) is 138 Å². The van der Waals surface area contributed by atoms with E-state index in [9.17, 15) is 8.42 Å². The van der Waals surface area contributed by atoms with Gasteiger partial charge >= 0.3 is 0 Å². The van der Waals surface area contributed by atoms with Crippen molar-refractivity contribution in [3.63, 3.8) is 0 Å². The summed E-state index contributed by atoms with van der Waals surface area (Å²) in [5.41, 5.74) is 11.2. The molecule has 0 unspecified atom stereocenters. The summed E-state index contributed by atoms with van der Waals surface area (Å²) in [6.07, 6.45) is 19.1. The van der Waals surface area contributed by atoms with E-state index in [0.29, 0.717) is 21.9 Å². The normalized spacial score (nSPS) is 16.0. The number of hydrogen-bond donors (Lipinski definition) is 1. The Hall–Kier alpha value is -5.23. The highest BCUT2D eigenvalue weighted by Gasteiger charge is 2.34. The van der Waals surface area contributed by atoms with Gasteiger partial charge < -0.3 is 0 Å². The second-order valence-electron chi connectivity index (χ2n) is 15.5. The van der Waals surface area contributed by atoms with E-state index in [2.05, 4.69) is 93.5 Å². The lowest BCUT2D eigenvalue weighted by atomic mass is 9.66. The standard InChI is InChI=1S/C27H24N4O2S.C17H16BrN3/c1-27(13-4-14-27)20-9-7-18(8-10-20)19-15-29-26-24(16-30-31(26)17-19)22-11-12-25(34(28,32)33)23-6-3-2-5-21(22)23;1-17(7-2-8-17)14-5-3-12(4-6-14)13-9-19-16-15(18)10-20-21(16)11-13/h2-3,5-12,15-17H,4,13-14H2,1H3,(H2,28,32,33);3-6,9-11H,2,7-8H2,1H3. The van der Waals surface area contributed by atoms with E-state index >= 15 is 0 Å². The number of fused-ring (bicyclic) bond motifs is 3. The molecule has 0 amide bonds. The molecule has 8 aromatic rings. The number of aromatic nitrogens is 6. The molecule has 2 aliphatic rings. The largest absolute Gasteiger partial charge is 0.238 e. The number of benzene rings is 4. The van der Waals surface area contributed by atoms with Crippen LogP contribution in [0.25, 0.3) is 55.4 Å². The van der Waals surface area contributed by atoms with Gasteiger partial charge in [-0.3, -0.25) is 0 Å². The molecule has 0 radical (unpaired) electrons. The second-order valence-corrected chi connectivity index (χ2v) is 17.8. The molecular weight excluding hydrogens is 771 g/mol. The first-order valence-corrected chi connectivity index (χ1v) is 20.9. The highest BCUT2D eigenvalue weighted by molar-refractivity contribution is 9.10. The third-order valence-corrected chi connectivity index (χ3v) is 13.4. The van der Waals surface area contributed by atoms with Crippen molar-refractivity contribution in [2.45, 2.75) is 68.1 Å². The fraction of sp³-hybridized carbons (Fsp3) is 0.227. The van der Waals surface area contributed by atoms with Crippen LogP contribution in [-0.2, 0) is 20.9 Å². The summed E-state index contributed by atoms with van der Waals surface area (Å²) in [5.74, 6) is 0. The number of halogens is 1. The third kappa shape index (κ3) is 6.43. The van der Waals surface area contributed by atoms with E-state index in [1.807, 2.05) is 36.9 Å². The number of hydrogen-bond acceptors (Lipinski definition) is 6. The molecule has 4 heterocycles. The molecule has 4 aromatic heterocycles. The predicted octanol–water partition coefficient (Wildman–Crippen LogP) is 9.91. The van der Waals surface area contributed by atoms with Crippen LogP contribution in [0.3, 0.4) is 0 Å². The average molecular weight is 811 g/mol. The fourth-order valence-electron chi connectivity index (χ4n) is 8.08. The molecule has 0 atom stereocenters. The molecule has 0 saturated heterocycles. The van der Waals surface area contributed by atoms with Crippen LogP contribution in [0.4, 0.5) is 0 Å². The molecule has 4 aromatic carbocycles. The number of nitrogens with zero attached hydrogens (tertiary/aromatic N) is 6. The Bertz CT molecular complexity index is 2840. The summed E-state index contributed by atoms with van der Waals surface area (Å²) < 4.78 is 28.6. The van der Waals surface area contributed by atoms with Crippen LogP contribution in [-0.4, -0.2) is 37.6 Å². The number of primary sulfonamides is 1. The Kier molecular flexibility index (Phi) is 8.71. The maximum Gasteiger partial charge on any atom is 0.238 e. The van der Waals surface area contributed by atoms with Gasteiger partial charge in [0.2, 0.25) is 10.0 Å². The SMILES string of the molecule is CC1(c2ccc(-c3cnc4c(-c5ccc(S(N)(=O)=O)c6ccccc56)cnn4c3)cc2)CCC1.CC1(c2ccc(-c3cnc4c(Br)cnn4c3)cc2)CCC1. The van der Waals surface area contributed by atoms with Crippen LogP contribution in [0.15, 0.2) is 131 Å². The maximum absolute atomic E-state index is 12.1. The van der Waals surface area contributed by atoms with E-state index in [0.717, 1.165) is 43.3 Å². The average Bonchev–Trinajstić information content (AvgIpc) is 3.78. The molecule has 9 nitrogen and oxygen atoms in total. The molecular formula is C44H40BrN7O2S. The monoisotopic (exact) mass is 809 g/mol. The minimum atomic E-state index is -3.84. The van der Waals surface area contributed by atoms with Gasteiger partial charge in [0.1, 0.15) is 0 Å². The maximum atomic E-state index is 12.1. The van der Waals surface area contributed by atoms with Gasteiger partial charge in [-0.15, -0.1) is 0 Å². The highest BCUT2D eigenvalue weighted by Crippen LogP contribution is 2.44. The predicted molar refractivity (Wildman–Crippen MR) is 221 cm³/mol. The molecule has 55 heavy (non-hydrogen) atoms. The van der Waals surface area contributed by atoms with Gasteiger partial charge in [-0.05, 0) is 91.7 Å². The van der Waals surface area contributed by atoms with Gasteiger partial charge in [0.05, 0.1) is 21.8 Å². The molecule has 0 bridgehead atoms. The topological polar surface area (TPSA) is 121 Å². The van der Waals surface area contributed by atoms with Gasteiger partial charge in [0.25, 0.3) is 0 Å². The van der Waals surface area contributed by atoms with Crippen LogP contribution in [0.2, 0.25) is 0 Å². The first-order chi connectivity index (χ1) is 26.5. The number of sulfonamides is 1. The van der Waals surface area contributed by atoms with Crippen LogP contribution in [0, 0.1) is 0 Å². The van der Waals surface area contributed by atoms with Gasteiger partial charge in [-0.25, -0.2) is 32.6 Å². The Morgan fingerprint density at radius 2 is 1.11 bits per heavy atom. The zero-order chi connectivity index (χ0) is 38.0. The van der Waals surface area contributed by atoms with Crippen molar-refractivity contribution in [1.82, 2.24) is 29.2 Å². The quantitative estimate of drug-likeness (QED) is 0.179. The fourth-order valence-corrected chi connectivity index (χ4v) is 9.20. The molecule has 2 N–H and O–H groups in total. The van der Waals surface area contributed by atoms with Crippen LogP contribution in [0.5, 0.6) is 0 Å². The lowest BCUT2D eigenvalue weighted by molar-refractivity contribution is 0.272. The number of nitrogens with two attached hydrogens (primary N) is 1. The molecule has 0 aliphatic heterocycles. The molecule has 11 heteroatoms. The Morgan fingerprint density at radius 1 is 0.600 bits per heavy atom. The molecule has 2 fully saturated rings. The van der Waals surface area contributed by atoms with Crippen LogP contribution < -0.4 is 5.14 Å². The van der Waals surface area contributed by atoms with E-state index in [1.54, 1.807) is 45.7 Å². The molecule has 10 rings (SSSR count). The highest BCUT2D eigenvalue weighted by atomic mass is 79.9. The molecule has 2 saturated carbocycles. The van der Waals surface area contributed by atoms with Crippen molar-refractivity contribution >= 4 is 48.0 Å². The Balaban J connectivity index is 0.000000161. The van der Waals surface area contributed by atoms with Gasteiger partial charge in [0.15, 0.2) is 11.3 Å². The lowest BCUT2D eigenvalue weighted by Crippen LogP contribution is -2.30. The van der Waals surface area contributed by atoms with Gasteiger partial charge in [0, 0.05) is 46.9 Å². The summed E-state index contributed by atoms with van der Waals surface area (Å²) in [5, 5.41) is 15.7. The van der Waals surface area contributed by atoms with E-state index < -0.39 is 10.0 Å². The van der Waals surface area contributed by atoms with Crippen molar-refractivity contribution in [2.24, 2.45) is 5.14 Å². The van der Waals surface area contributed by atoms with E-state index in [-0.39, 0.29) is 4.90 Å². The van der Waals surface area contributed by atoms with Gasteiger partial charge in [-0.2, -0.15) is 10.2 Å². The van der Waals surface area contributed by atoms with Crippen LogP contribution >= 0.6 is 15.9 Å². The first-order valence-electron chi connectivity index (χ1n) is 18.6. The second kappa shape index (κ2) is 13.5. The minimum Gasteiger partial charge on any atom is -0.236 e. The Morgan fingerprint density at radius 3 is 1.64 bits per heavy atom. The van der Waals surface area contributed by atoms with Crippen molar-refractivity contribution < 1.29 is 8.42 Å². The molecule has 2 aliphatic carbocycles. The lowest BCUT2D eigenvalue weighted by Gasteiger charge is -2.39. The summed E-state index contributed by atoms with van der Waals surface area (Å²) in [6.45, 7) is 4.70. The summed E-state index contributed by atoms with van der Waals surface area (Å²) in [4.78, 5) is 9.31. The smallest absolute Gasteiger partial charge is 0.236 e. The minimum absolute atomic E-state index is 0.109. The van der Waals surface area contributed by atoms with E-state index in [1.165, 1.54) is 55.2 Å². The Labute approximate surface area is 328 Å². The zero-order valence-corrected chi connectivity index (χ0v) is 33.1. The van der Waals surface area contributed by atoms with Crippen LogP contribution in [0.1, 0.15) is 63.5 Å². The summed E-state index contributed by atoms with van der Waals surface area (Å²) >= 11 is 3.45. The first kappa shape index (κ1) is 35.5. The molecule has 0 spiro atoms. The number of rotatable bonds is 6. The summed E-state index contributed by atoms with van der Waals surface area (Å²) in [6, 6.07) is 28.3. The van der Waals surface area contributed by atoms with Crippen molar-refractivity contribution in [3.8, 4) is 33.4 Å². The van der Waals surface area contributed by atoms with Crippen molar-refractivity contribution in [2.75, 3.05) is 0 Å². The van der Waals surface area contributed by atoms with Crippen molar-refractivity contribution in [1.29, 1.82) is 0 Å². The van der Waals surface area contributed by atoms with E-state index in [4.69, 9.17) is 10.1 Å².